The van der Waals surface area contributed by atoms with Gasteiger partial charge in [0.25, 0.3) is 0 Å². The van der Waals surface area contributed by atoms with Crippen LogP contribution in [-0.4, -0.2) is 17.9 Å². The summed E-state index contributed by atoms with van der Waals surface area (Å²) >= 11 is 11.6. The molecule has 1 amide bonds. The predicted molar refractivity (Wildman–Crippen MR) is 103 cm³/mol. The molecule has 28 heavy (non-hydrogen) atoms. The van der Waals surface area contributed by atoms with Crippen LogP contribution in [0.4, 0.5) is 13.2 Å². The van der Waals surface area contributed by atoms with E-state index in [1.165, 1.54) is 25.1 Å². The van der Waals surface area contributed by atoms with Crippen molar-refractivity contribution in [3.63, 3.8) is 0 Å². The molecule has 0 saturated heterocycles. The summed E-state index contributed by atoms with van der Waals surface area (Å²) in [7, 11) is 0. The van der Waals surface area contributed by atoms with Gasteiger partial charge in [-0.15, -0.1) is 0 Å². The molecule has 0 bridgehead atoms. The molecule has 2 aromatic carbocycles. The second-order valence-electron chi connectivity index (χ2n) is 6.12. The third-order valence-corrected chi connectivity index (χ3v) is 4.31. The van der Waals surface area contributed by atoms with Crippen molar-refractivity contribution in [3.8, 4) is 0 Å². The van der Waals surface area contributed by atoms with Gasteiger partial charge in [-0.1, -0.05) is 47.5 Å². The molecule has 0 aromatic heterocycles. The van der Waals surface area contributed by atoms with Crippen LogP contribution in [0.25, 0.3) is 5.57 Å². The molecule has 0 saturated carbocycles. The lowest BCUT2D eigenvalue weighted by Gasteiger charge is -2.14. The standard InChI is InChI=1S/C20H16Cl2F3NO2/c1-11(26-12(2)27)13-3-5-14(6-4-13)19(28)10-18(20(23,24)25)15-7-16(21)9-17(22)8-15/h3-11H,1-2H3,(H,26,27)/t11-/m0/s1. The van der Waals surface area contributed by atoms with Gasteiger partial charge in [0.05, 0.1) is 11.6 Å². The number of nitrogens with one attached hydrogen (secondary N) is 1. The Hall–Kier alpha value is -2.31. The first-order valence-corrected chi connectivity index (χ1v) is 8.89. The number of amides is 1. The zero-order valence-electron chi connectivity index (χ0n) is 14.9. The van der Waals surface area contributed by atoms with E-state index in [2.05, 4.69) is 5.32 Å². The quantitative estimate of drug-likeness (QED) is 0.466. The molecule has 148 valence electrons. The van der Waals surface area contributed by atoms with E-state index in [4.69, 9.17) is 23.2 Å². The van der Waals surface area contributed by atoms with Gasteiger partial charge in [0.15, 0.2) is 5.78 Å². The second kappa shape index (κ2) is 8.80. The van der Waals surface area contributed by atoms with Crippen molar-refractivity contribution in [1.82, 2.24) is 5.32 Å². The lowest BCUT2D eigenvalue weighted by Crippen LogP contribution is -2.23. The maximum atomic E-state index is 13.5. The minimum Gasteiger partial charge on any atom is -0.350 e. The van der Waals surface area contributed by atoms with E-state index < -0.39 is 17.5 Å². The van der Waals surface area contributed by atoms with Crippen LogP contribution in [0.2, 0.25) is 10.0 Å². The maximum absolute atomic E-state index is 13.5. The Kier molecular flexibility index (Phi) is 6.91. The molecule has 0 radical (unpaired) electrons. The molecule has 0 aliphatic carbocycles. The minimum absolute atomic E-state index is 0.0291. The Bertz CT molecular complexity index is 902. The first kappa shape index (κ1) is 22.0. The van der Waals surface area contributed by atoms with Gasteiger partial charge in [-0.25, -0.2) is 0 Å². The fraction of sp³-hybridized carbons (Fsp3) is 0.200. The second-order valence-corrected chi connectivity index (χ2v) is 7.00. The molecule has 0 spiro atoms. The Morgan fingerprint density at radius 3 is 2.00 bits per heavy atom. The lowest BCUT2D eigenvalue weighted by atomic mass is 9.99. The first-order chi connectivity index (χ1) is 13.0. The number of carbonyl (C=O) groups is 2. The number of rotatable bonds is 5. The average molecular weight is 430 g/mol. The van der Waals surface area contributed by atoms with Crippen molar-refractivity contribution >= 4 is 40.5 Å². The molecule has 8 heteroatoms. The highest BCUT2D eigenvalue weighted by atomic mass is 35.5. The van der Waals surface area contributed by atoms with E-state index in [1.807, 2.05) is 0 Å². The third-order valence-electron chi connectivity index (χ3n) is 3.87. The van der Waals surface area contributed by atoms with Gasteiger partial charge in [-0.3, -0.25) is 9.59 Å². The zero-order chi connectivity index (χ0) is 21.1. The Morgan fingerprint density at radius 2 is 1.54 bits per heavy atom. The van der Waals surface area contributed by atoms with Crippen LogP contribution in [0.15, 0.2) is 48.5 Å². The van der Waals surface area contributed by atoms with E-state index in [-0.39, 0.29) is 33.1 Å². The predicted octanol–water partition coefficient (Wildman–Crippen LogP) is 6.02. The van der Waals surface area contributed by atoms with Gasteiger partial charge in [-0.2, -0.15) is 13.2 Å². The molecular formula is C20H16Cl2F3NO2. The highest BCUT2D eigenvalue weighted by Crippen LogP contribution is 2.36. The van der Waals surface area contributed by atoms with E-state index in [1.54, 1.807) is 19.1 Å². The molecule has 0 heterocycles. The van der Waals surface area contributed by atoms with Crippen molar-refractivity contribution in [3.05, 3.63) is 75.3 Å². The van der Waals surface area contributed by atoms with Crippen LogP contribution in [0.5, 0.6) is 0 Å². The molecule has 1 atom stereocenters. The molecule has 0 fully saturated rings. The van der Waals surface area contributed by atoms with Crippen molar-refractivity contribution in [1.29, 1.82) is 0 Å². The molecule has 0 aliphatic rings. The summed E-state index contributed by atoms with van der Waals surface area (Å²) < 4.78 is 40.5. The zero-order valence-corrected chi connectivity index (χ0v) is 16.4. The van der Waals surface area contributed by atoms with Gasteiger partial charge in [-0.05, 0) is 42.3 Å². The van der Waals surface area contributed by atoms with Gasteiger partial charge >= 0.3 is 6.18 Å². The Balaban J connectivity index is 2.36. The van der Waals surface area contributed by atoms with Gasteiger partial charge in [0, 0.05) is 22.5 Å². The van der Waals surface area contributed by atoms with E-state index in [0.29, 0.717) is 11.6 Å². The number of halogens is 5. The van der Waals surface area contributed by atoms with E-state index >= 15 is 0 Å². The van der Waals surface area contributed by atoms with E-state index in [0.717, 1.165) is 12.1 Å². The normalized spacial score (nSPS) is 13.2. The molecule has 0 unspecified atom stereocenters. The number of benzene rings is 2. The van der Waals surface area contributed by atoms with Gasteiger partial charge in [0.1, 0.15) is 0 Å². The molecule has 3 nitrogen and oxygen atoms in total. The fourth-order valence-electron chi connectivity index (χ4n) is 2.58. The van der Waals surface area contributed by atoms with Gasteiger partial charge in [0.2, 0.25) is 5.91 Å². The molecule has 2 rings (SSSR count). The van der Waals surface area contributed by atoms with Gasteiger partial charge < -0.3 is 5.32 Å². The molecule has 0 aliphatic heterocycles. The highest BCUT2D eigenvalue weighted by molar-refractivity contribution is 6.35. The maximum Gasteiger partial charge on any atom is 0.417 e. The summed E-state index contributed by atoms with van der Waals surface area (Å²) in [5, 5.41) is 2.74. The number of allylic oxidation sites excluding steroid dienone is 2. The minimum atomic E-state index is -4.77. The van der Waals surface area contributed by atoms with Crippen LogP contribution >= 0.6 is 23.2 Å². The monoisotopic (exact) mass is 429 g/mol. The molecular weight excluding hydrogens is 414 g/mol. The van der Waals surface area contributed by atoms with Crippen LogP contribution in [-0.2, 0) is 4.79 Å². The summed E-state index contributed by atoms with van der Waals surface area (Å²) in [4.78, 5) is 23.5. The highest BCUT2D eigenvalue weighted by Gasteiger charge is 2.35. The number of ketones is 1. The summed E-state index contributed by atoms with van der Waals surface area (Å²) in [5.74, 6) is -1.03. The lowest BCUT2D eigenvalue weighted by molar-refractivity contribution is -0.119. The van der Waals surface area contributed by atoms with Crippen LogP contribution in [0.1, 0.15) is 41.4 Å². The third kappa shape index (κ3) is 5.84. The first-order valence-electron chi connectivity index (χ1n) is 8.14. The van der Waals surface area contributed by atoms with E-state index in [9.17, 15) is 22.8 Å². The summed E-state index contributed by atoms with van der Waals surface area (Å²) in [6, 6.07) is 9.16. The topological polar surface area (TPSA) is 46.2 Å². The summed E-state index contributed by atoms with van der Waals surface area (Å²) in [6.45, 7) is 3.13. The average Bonchev–Trinajstić information content (AvgIpc) is 2.57. The Morgan fingerprint density at radius 1 is 1.00 bits per heavy atom. The van der Waals surface area contributed by atoms with Crippen molar-refractivity contribution in [2.75, 3.05) is 0 Å². The van der Waals surface area contributed by atoms with Crippen molar-refractivity contribution < 1.29 is 22.8 Å². The smallest absolute Gasteiger partial charge is 0.350 e. The number of hydrogen-bond donors (Lipinski definition) is 1. The van der Waals surface area contributed by atoms with Crippen LogP contribution in [0.3, 0.4) is 0 Å². The van der Waals surface area contributed by atoms with Crippen LogP contribution in [0, 0.1) is 0 Å². The van der Waals surface area contributed by atoms with Crippen molar-refractivity contribution in [2.45, 2.75) is 26.1 Å². The number of alkyl halides is 3. The summed E-state index contributed by atoms with van der Waals surface area (Å²) in [6.07, 6.45) is -4.25. The molecule has 1 N–H and O–H groups in total. The largest absolute Gasteiger partial charge is 0.417 e. The Labute approximate surface area is 170 Å². The number of hydrogen-bond acceptors (Lipinski definition) is 2. The van der Waals surface area contributed by atoms with Crippen LogP contribution < -0.4 is 5.32 Å². The van der Waals surface area contributed by atoms with Crippen molar-refractivity contribution in [2.24, 2.45) is 0 Å². The number of carbonyl (C=O) groups excluding carboxylic acids is 2. The SMILES string of the molecule is CC(=O)N[C@@H](C)c1ccc(C(=O)C=C(c2cc(Cl)cc(Cl)c2)C(F)(F)F)cc1. The molecule has 2 aromatic rings. The summed E-state index contributed by atoms with van der Waals surface area (Å²) in [5.41, 5.74) is -0.645. The fourth-order valence-corrected chi connectivity index (χ4v) is 3.10.